The first kappa shape index (κ1) is 21.6. The predicted octanol–water partition coefficient (Wildman–Crippen LogP) is 3.97. The SMILES string of the molecule is CN(C)c1ncc(-c2cccc(F)c2)c(C2CCN(C(=O)c3n[nH]c4c3CCCCC4)C2)n1. The van der Waals surface area contributed by atoms with Crippen LogP contribution >= 0.6 is 0 Å². The molecule has 1 aliphatic heterocycles. The molecule has 1 atom stereocenters. The Hall–Kier alpha value is -3.29. The van der Waals surface area contributed by atoms with Crippen molar-refractivity contribution in [1.29, 1.82) is 0 Å². The van der Waals surface area contributed by atoms with Gasteiger partial charge in [-0.3, -0.25) is 9.89 Å². The maximum atomic E-state index is 13.9. The van der Waals surface area contributed by atoms with E-state index >= 15 is 0 Å². The molecule has 5 rings (SSSR count). The van der Waals surface area contributed by atoms with Gasteiger partial charge in [-0.15, -0.1) is 0 Å². The van der Waals surface area contributed by atoms with Crippen molar-refractivity contribution in [1.82, 2.24) is 25.1 Å². The summed E-state index contributed by atoms with van der Waals surface area (Å²) >= 11 is 0. The zero-order valence-corrected chi connectivity index (χ0v) is 19.1. The topological polar surface area (TPSA) is 78.0 Å². The van der Waals surface area contributed by atoms with Crippen LogP contribution < -0.4 is 4.90 Å². The highest BCUT2D eigenvalue weighted by atomic mass is 19.1. The Morgan fingerprint density at radius 2 is 2.06 bits per heavy atom. The number of anilines is 1. The maximum absolute atomic E-state index is 13.9. The predicted molar refractivity (Wildman–Crippen MR) is 125 cm³/mol. The summed E-state index contributed by atoms with van der Waals surface area (Å²) < 4.78 is 13.9. The number of aryl methyl sites for hydroxylation is 1. The highest BCUT2D eigenvalue weighted by Gasteiger charge is 2.33. The van der Waals surface area contributed by atoms with Gasteiger partial charge in [0, 0.05) is 56.1 Å². The lowest BCUT2D eigenvalue weighted by Crippen LogP contribution is -2.29. The molecule has 1 fully saturated rings. The van der Waals surface area contributed by atoms with Gasteiger partial charge in [0.25, 0.3) is 5.91 Å². The lowest BCUT2D eigenvalue weighted by molar-refractivity contribution is 0.0783. The molecule has 0 saturated carbocycles. The average molecular weight is 449 g/mol. The molecule has 1 aromatic carbocycles. The molecule has 2 aromatic heterocycles. The summed E-state index contributed by atoms with van der Waals surface area (Å²) in [4.78, 5) is 26.4. The van der Waals surface area contributed by atoms with Crippen molar-refractivity contribution in [2.75, 3.05) is 32.1 Å². The maximum Gasteiger partial charge on any atom is 0.274 e. The molecule has 2 aliphatic rings. The normalized spacial score (nSPS) is 18.2. The largest absolute Gasteiger partial charge is 0.347 e. The van der Waals surface area contributed by atoms with Crippen LogP contribution in [0.1, 0.15) is 59.0 Å². The van der Waals surface area contributed by atoms with Gasteiger partial charge in [0.2, 0.25) is 5.95 Å². The van der Waals surface area contributed by atoms with Gasteiger partial charge in [0.05, 0.1) is 5.69 Å². The number of hydrogen-bond acceptors (Lipinski definition) is 5. The zero-order chi connectivity index (χ0) is 22.9. The molecule has 172 valence electrons. The molecule has 0 spiro atoms. The number of carbonyl (C=O) groups excluding carboxylic acids is 1. The molecule has 1 saturated heterocycles. The number of nitrogens with zero attached hydrogens (tertiary/aromatic N) is 5. The first-order valence-corrected chi connectivity index (χ1v) is 11.7. The van der Waals surface area contributed by atoms with Crippen molar-refractivity contribution >= 4 is 11.9 Å². The Morgan fingerprint density at radius 3 is 2.88 bits per heavy atom. The van der Waals surface area contributed by atoms with Gasteiger partial charge in [0.15, 0.2) is 5.69 Å². The van der Waals surface area contributed by atoms with Crippen LogP contribution in [0.4, 0.5) is 10.3 Å². The number of nitrogens with one attached hydrogen (secondary N) is 1. The van der Waals surface area contributed by atoms with Crippen LogP contribution in [0.5, 0.6) is 0 Å². The number of aromatic nitrogens is 4. The molecule has 0 radical (unpaired) electrons. The van der Waals surface area contributed by atoms with Crippen molar-refractivity contribution in [2.45, 2.75) is 44.4 Å². The number of aromatic amines is 1. The fraction of sp³-hybridized carbons (Fsp3) is 0.440. The minimum absolute atomic E-state index is 0.00825. The molecule has 0 bridgehead atoms. The van der Waals surface area contributed by atoms with Gasteiger partial charge in [-0.1, -0.05) is 18.6 Å². The van der Waals surface area contributed by atoms with Crippen molar-refractivity contribution in [3.05, 3.63) is 58.9 Å². The van der Waals surface area contributed by atoms with E-state index in [9.17, 15) is 9.18 Å². The second-order valence-corrected chi connectivity index (χ2v) is 9.20. The lowest BCUT2D eigenvalue weighted by atomic mass is 9.96. The van der Waals surface area contributed by atoms with E-state index in [1.165, 1.54) is 18.6 Å². The summed E-state index contributed by atoms with van der Waals surface area (Å²) in [5.41, 5.74) is 5.21. The van der Waals surface area contributed by atoms with Crippen LogP contribution in [-0.2, 0) is 12.8 Å². The number of carbonyl (C=O) groups is 1. The quantitative estimate of drug-likeness (QED) is 0.611. The molecular formula is C25H29FN6O. The Balaban J connectivity index is 1.44. The molecule has 1 amide bonds. The first-order valence-electron chi connectivity index (χ1n) is 11.7. The molecule has 3 heterocycles. The van der Waals surface area contributed by atoms with E-state index in [1.807, 2.05) is 30.0 Å². The van der Waals surface area contributed by atoms with Crippen molar-refractivity contribution < 1.29 is 9.18 Å². The van der Waals surface area contributed by atoms with Crippen LogP contribution in [0, 0.1) is 5.82 Å². The van der Waals surface area contributed by atoms with E-state index in [0.717, 1.165) is 60.2 Å². The van der Waals surface area contributed by atoms with Crippen molar-refractivity contribution in [3.8, 4) is 11.1 Å². The van der Waals surface area contributed by atoms with Gasteiger partial charge < -0.3 is 9.80 Å². The molecule has 1 unspecified atom stereocenters. The number of hydrogen-bond donors (Lipinski definition) is 1. The summed E-state index contributed by atoms with van der Waals surface area (Å²) in [6, 6.07) is 6.51. The fourth-order valence-electron chi connectivity index (χ4n) is 4.94. The number of rotatable bonds is 4. The van der Waals surface area contributed by atoms with Gasteiger partial charge >= 0.3 is 0 Å². The Bertz CT molecular complexity index is 1170. The summed E-state index contributed by atoms with van der Waals surface area (Å²) in [7, 11) is 3.80. The summed E-state index contributed by atoms with van der Waals surface area (Å²) in [5.74, 6) is 0.350. The summed E-state index contributed by atoms with van der Waals surface area (Å²) in [6.45, 7) is 1.21. The molecule has 1 N–H and O–H groups in total. The van der Waals surface area contributed by atoms with E-state index < -0.39 is 0 Å². The van der Waals surface area contributed by atoms with Gasteiger partial charge in [-0.05, 0) is 49.8 Å². The first-order chi connectivity index (χ1) is 16.0. The number of H-pyrrole nitrogens is 1. The number of fused-ring (bicyclic) bond motifs is 1. The number of likely N-dealkylation sites (tertiary alicyclic amines) is 1. The van der Waals surface area contributed by atoms with Gasteiger partial charge in [-0.25, -0.2) is 14.4 Å². The minimum atomic E-state index is -0.294. The molecule has 7 nitrogen and oxygen atoms in total. The minimum Gasteiger partial charge on any atom is -0.347 e. The Morgan fingerprint density at radius 1 is 1.21 bits per heavy atom. The van der Waals surface area contributed by atoms with Crippen LogP contribution in [-0.4, -0.2) is 58.2 Å². The highest BCUT2D eigenvalue weighted by molar-refractivity contribution is 5.94. The van der Waals surface area contributed by atoms with Crippen molar-refractivity contribution in [2.24, 2.45) is 0 Å². The molecule has 8 heteroatoms. The van der Waals surface area contributed by atoms with E-state index in [-0.39, 0.29) is 17.6 Å². The Kier molecular flexibility index (Phi) is 5.83. The van der Waals surface area contributed by atoms with Crippen LogP contribution in [0.3, 0.4) is 0 Å². The second kappa shape index (κ2) is 8.92. The molecule has 33 heavy (non-hydrogen) atoms. The Labute approximate surface area is 193 Å². The van der Waals surface area contributed by atoms with Crippen LogP contribution in [0.25, 0.3) is 11.1 Å². The van der Waals surface area contributed by atoms with E-state index in [4.69, 9.17) is 4.98 Å². The third-order valence-electron chi connectivity index (χ3n) is 6.71. The van der Waals surface area contributed by atoms with Crippen molar-refractivity contribution in [3.63, 3.8) is 0 Å². The number of halogens is 1. The van der Waals surface area contributed by atoms with E-state index in [1.54, 1.807) is 12.3 Å². The number of benzene rings is 1. The third-order valence-corrected chi connectivity index (χ3v) is 6.71. The summed E-state index contributed by atoms with van der Waals surface area (Å²) in [6.07, 6.45) is 7.86. The molecule has 1 aliphatic carbocycles. The smallest absolute Gasteiger partial charge is 0.274 e. The highest BCUT2D eigenvalue weighted by Crippen LogP contribution is 2.35. The van der Waals surface area contributed by atoms with Gasteiger partial charge in [-0.2, -0.15) is 5.10 Å². The second-order valence-electron chi connectivity index (χ2n) is 9.20. The molecular weight excluding hydrogens is 419 g/mol. The standard InChI is InChI=1S/C25H29FN6O/c1-31(2)25-27-14-20(16-7-6-8-18(26)13-16)22(28-25)17-11-12-32(15-17)24(33)23-19-9-4-3-5-10-21(19)29-30-23/h6-8,13-14,17H,3-5,9-12,15H2,1-2H3,(H,29,30). The van der Waals surface area contributed by atoms with Crippen LogP contribution in [0.2, 0.25) is 0 Å². The van der Waals surface area contributed by atoms with E-state index in [0.29, 0.717) is 24.7 Å². The van der Waals surface area contributed by atoms with E-state index in [2.05, 4.69) is 15.2 Å². The monoisotopic (exact) mass is 448 g/mol. The lowest BCUT2D eigenvalue weighted by Gasteiger charge is -2.19. The van der Waals surface area contributed by atoms with Crippen LogP contribution in [0.15, 0.2) is 30.5 Å². The number of amides is 1. The molecule has 3 aromatic rings. The average Bonchev–Trinajstić information content (AvgIpc) is 3.40. The third kappa shape index (κ3) is 4.21. The van der Waals surface area contributed by atoms with Gasteiger partial charge in [0.1, 0.15) is 5.82 Å². The fourth-order valence-corrected chi connectivity index (χ4v) is 4.94. The summed E-state index contributed by atoms with van der Waals surface area (Å²) in [5, 5.41) is 7.51. The zero-order valence-electron chi connectivity index (χ0n) is 19.1.